The van der Waals surface area contributed by atoms with Crippen LogP contribution in [0.5, 0.6) is 5.75 Å². The van der Waals surface area contributed by atoms with Gasteiger partial charge in [-0.3, -0.25) is 9.48 Å². The molecule has 2 heterocycles. The van der Waals surface area contributed by atoms with Crippen LogP contribution in [0.3, 0.4) is 0 Å². The van der Waals surface area contributed by atoms with Crippen LogP contribution in [0.4, 0.5) is 10.1 Å². The average Bonchev–Trinajstić information content (AvgIpc) is 3.16. The second-order valence-corrected chi connectivity index (χ2v) is 6.54. The number of hydrogen-bond donors (Lipinski definition) is 1. The predicted octanol–water partition coefficient (Wildman–Crippen LogP) is 3.83. The zero-order chi connectivity index (χ0) is 21.1. The standard InChI is InChI=1S/C22H18FN3O4/c1-2-29-16-7-8-17-18(10-21(27)30-20(17)9-16)22(28)25-15-11-24-26(13-15)12-14-5-3-4-6-19(14)23/h3-11,13H,2,12H2,1H3,(H,25,28). The summed E-state index contributed by atoms with van der Waals surface area (Å²) in [6.07, 6.45) is 3.05. The van der Waals surface area contributed by atoms with Crippen molar-refractivity contribution in [2.45, 2.75) is 13.5 Å². The first kappa shape index (κ1) is 19.4. The van der Waals surface area contributed by atoms with Crippen LogP contribution < -0.4 is 15.7 Å². The van der Waals surface area contributed by atoms with Gasteiger partial charge in [0.2, 0.25) is 0 Å². The van der Waals surface area contributed by atoms with Gasteiger partial charge in [0.05, 0.1) is 30.6 Å². The first-order valence-electron chi connectivity index (χ1n) is 9.31. The highest BCUT2D eigenvalue weighted by Crippen LogP contribution is 2.23. The SMILES string of the molecule is CCOc1ccc2c(C(=O)Nc3cnn(Cc4ccccc4F)c3)cc(=O)oc2c1. The number of nitrogens with one attached hydrogen (secondary N) is 1. The van der Waals surface area contributed by atoms with E-state index in [1.165, 1.54) is 16.9 Å². The molecule has 0 aliphatic carbocycles. The molecule has 8 heteroatoms. The fraction of sp³-hybridized carbons (Fsp3) is 0.136. The fourth-order valence-electron chi connectivity index (χ4n) is 3.10. The van der Waals surface area contributed by atoms with Crippen molar-refractivity contribution in [1.29, 1.82) is 0 Å². The van der Waals surface area contributed by atoms with Gasteiger partial charge in [0.1, 0.15) is 17.1 Å². The minimum Gasteiger partial charge on any atom is -0.494 e. The predicted molar refractivity (Wildman–Crippen MR) is 109 cm³/mol. The minimum atomic E-state index is -0.642. The number of fused-ring (bicyclic) bond motifs is 1. The number of amides is 1. The number of rotatable bonds is 6. The Kier molecular flexibility index (Phi) is 5.30. The highest BCUT2D eigenvalue weighted by atomic mass is 19.1. The van der Waals surface area contributed by atoms with Gasteiger partial charge in [-0.15, -0.1) is 0 Å². The summed E-state index contributed by atoms with van der Waals surface area (Å²) in [5.41, 5.74) is 0.690. The van der Waals surface area contributed by atoms with E-state index in [9.17, 15) is 14.0 Å². The van der Waals surface area contributed by atoms with Crippen LogP contribution in [0.1, 0.15) is 22.8 Å². The van der Waals surface area contributed by atoms with Crippen molar-refractivity contribution in [2.24, 2.45) is 0 Å². The number of carbonyl (C=O) groups excluding carboxylic acids is 1. The number of ether oxygens (including phenoxy) is 1. The summed E-state index contributed by atoms with van der Waals surface area (Å²) in [5.74, 6) is -0.268. The maximum atomic E-state index is 13.8. The molecule has 0 aliphatic heterocycles. The van der Waals surface area contributed by atoms with E-state index in [1.807, 2.05) is 6.92 Å². The van der Waals surface area contributed by atoms with Gasteiger partial charge in [0.15, 0.2) is 0 Å². The lowest BCUT2D eigenvalue weighted by Gasteiger charge is -2.08. The molecule has 152 valence electrons. The number of nitrogens with zero attached hydrogens (tertiary/aromatic N) is 2. The normalized spacial score (nSPS) is 10.9. The molecule has 0 saturated heterocycles. The Hall–Kier alpha value is -3.94. The maximum Gasteiger partial charge on any atom is 0.337 e. The van der Waals surface area contributed by atoms with E-state index in [2.05, 4.69) is 10.4 Å². The van der Waals surface area contributed by atoms with Crippen molar-refractivity contribution in [1.82, 2.24) is 9.78 Å². The summed E-state index contributed by atoms with van der Waals surface area (Å²) in [6, 6.07) is 12.5. The summed E-state index contributed by atoms with van der Waals surface area (Å²) in [7, 11) is 0. The Morgan fingerprint density at radius 3 is 2.87 bits per heavy atom. The first-order valence-corrected chi connectivity index (χ1v) is 9.31. The highest BCUT2D eigenvalue weighted by molar-refractivity contribution is 6.12. The fourth-order valence-corrected chi connectivity index (χ4v) is 3.10. The van der Waals surface area contributed by atoms with E-state index in [4.69, 9.17) is 9.15 Å². The molecular weight excluding hydrogens is 389 g/mol. The molecule has 0 saturated carbocycles. The van der Waals surface area contributed by atoms with E-state index >= 15 is 0 Å². The van der Waals surface area contributed by atoms with Crippen molar-refractivity contribution in [3.63, 3.8) is 0 Å². The molecule has 2 aromatic carbocycles. The average molecular weight is 407 g/mol. The molecule has 7 nitrogen and oxygen atoms in total. The Morgan fingerprint density at radius 2 is 2.07 bits per heavy atom. The van der Waals surface area contributed by atoms with Crippen molar-refractivity contribution in [3.05, 3.63) is 88.3 Å². The summed E-state index contributed by atoms with van der Waals surface area (Å²) in [4.78, 5) is 24.7. The lowest BCUT2D eigenvalue weighted by Crippen LogP contribution is -2.15. The van der Waals surface area contributed by atoms with Crippen molar-refractivity contribution in [2.75, 3.05) is 11.9 Å². The summed E-state index contributed by atoms with van der Waals surface area (Å²) in [5, 5.41) is 7.34. The highest BCUT2D eigenvalue weighted by Gasteiger charge is 2.15. The molecule has 0 aliphatic rings. The van der Waals surface area contributed by atoms with E-state index in [0.29, 0.717) is 29.0 Å². The summed E-state index contributed by atoms with van der Waals surface area (Å²) in [6.45, 7) is 2.53. The summed E-state index contributed by atoms with van der Waals surface area (Å²) < 4.78 is 25.9. The van der Waals surface area contributed by atoms with Crippen LogP contribution in [0.25, 0.3) is 11.0 Å². The quantitative estimate of drug-likeness (QED) is 0.491. The minimum absolute atomic E-state index is 0.172. The molecule has 0 bridgehead atoms. The Balaban J connectivity index is 1.57. The second kappa shape index (κ2) is 8.20. The second-order valence-electron chi connectivity index (χ2n) is 6.54. The van der Waals surface area contributed by atoms with Crippen LogP contribution in [0, 0.1) is 5.82 Å². The Bertz CT molecular complexity index is 1280. The van der Waals surface area contributed by atoms with E-state index in [0.717, 1.165) is 6.07 Å². The molecule has 1 amide bonds. The van der Waals surface area contributed by atoms with Crippen LogP contribution in [0.2, 0.25) is 0 Å². The molecule has 4 aromatic rings. The third kappa shape index (κ3) is 4.07. The zero-order valence-corrected chi connectivity index (χ0v) is 16.1. The molecular formula is C22H18FN3O4. The van der Waals surface area contributed by atoms with Gasteiger partial charge in [-0.05, 0) is 25.1 Å². The molecule has 0 unspecified atom stereocenters. The number of hydrogen-bond acceptors (Lipinski definition) is 5. The molecule has 2 aromatic heterocycles. The third-order valence-electron chi connectivity index (χ3n) is 4.45. The van der Waals surface area contributed by atoms with Gasteiger partial charge < -0.3 is 14.5 Å². The van der Waals surface area contributed by atoms with E-state index in [1.54, 1.807) is 42.6 Å². The van der Waals surface area contributed by atoms with Crippen LogP contribution in [-0.4, -0.2) is 22.3 Å². The lowest BCUT2D eigenvalue weighted by atomic mass is 10.1. The van der Waals surface area contributed by atoms with Gasteiger partial charge >= 0.3 is 5.63 Å². The molecule has 4 rings (SSSR count). The number of benzene rings is 2. The maximum absolute atomic E-state index is 13.8. The molecule has 0 spiro atoms. The Labute approximate surface area is 170 Å². The largest absolute Gasteiger partial charge is 0.494 e. The van der Waals surface area contributed by atoms with Crippen molar-refractivity contribution in [3.8, 4) is 5.75 Å². The molecule has 0 radical (unpaired) electrons. The van der Waals surface area contributed by atoms with Gasteiger partial charge in [-0.1, -0.05) is 18.2 Å². The van der Waals surface area contributed by atoms with Crippen LogP contribution >= 0.6 is 0 Å². The molecule has 0 fully saturated rings. The third-order valence-corrected chi connectivity index (χ3v) is 4.45. The van der Waals surface area contributed by atoms with Gasteiger partial charge in [0.25, 0.3) is 5.91 Å². The van der Waals surface area contributed by atoms with Crippen molar-refractivity contribution < 1.29 is 18.3 Å². The van der Waals surface area contributed by atoms with Gasteiger partial charge in [-0.25, -0.2) is 9.18 Å². The van der Waals surface area contributed by atoms with Crippen LogP contribution in [0.15, 0.2) is 70.1 Å². The monoisotopic (exact) mass is 407 g/mol. The number of anilines is 1. The lowest BCUT2D eigenvalue weighted by molar-refractivity contribution is 0.102. The van der Waals surface area contributed by atoms with E-state index < -0.39 is 11.5 Å². The topological polar surface area (TPSA) is 86.4 Å². The first-order chi connectivity index (χ1) is 14.5. The van der Waals surface area contributed by atoms with Crippen LogP contribution in [-0.2, 0) is 6.54 Å². The van der Waals surface area contributed by atoms with E-state index in [-0.39, 0.29) is 23.5 Å². The number of halogens is 1. The smallest absolute Gasteiger partial charge is 0.337 e. The van der Waals surface area contributed by atoms with Crippen molar-refractivity contribution >= 4 is 22.6 Å². The number of aromatic nitrogens is 2. The molecule has 0 atom stereocenters. The summed E-state index contributed by atoms with van der Waals surface area (Å²) >= 11 is 0. The molecule has 1 N–H and O–H groups in total. The van der Waals surface area contributed by atoms with Gasteiger partial charge in [0, 0.05) is 29.3 Å². The molecule has 30 heavy (non-hydrogen) atoms. The zero-order valence-electron chi connectivity index (χ0n) is 16.1. The Morgan fingerprint density at radius 1 is 1.23 bits per heavy atom. The van der Waals surface area contributed by atoms with Gasteiger partial charge in [-0.2, -0.15) is 5.10 Å². The number of carbonyl (C=O) groups is 1.